The van der Waals surface area contributed by atoms with E-state index < -0.39 is 0 Å². The first-order chi connectivity index (χ1) is 10.0. The van der Waals surface area contributed by atoms with Gasteiger partial charge in [0.05, 0.1) is 12.2 Å². The summed E-state index contributed by atoms with van der Waals surface area (Å²) in [4.78, 5) is 13.7. The SMILES string of the molecule is CCOC(=O)c1ccc(NC(=S)NCCCN(C)C)cc1. The zero-order chi connectivity index (χ0) is 15.7. The van der Waals surface area contributed by atoms with Crippen molar-refractivity contribution in [3.05, 3.63) is 29.8 Å². The molecule has 0 amide bonds. The van der Waals surface area contributed by atoms with E-state index in [1.54, 1.807) is 31.2 Å². The third-order valence-corrected chi connectivity index (χ3v) is 2.97. The standard InChI is InChI=1S/C15H23N3O2S/c1-4-20-14(19)12-6-8-13(9-7-12)17-15(21)16-10-5-11-18(2)3/h6-9H,4-5,10-11H2,1-3H3,(H2,16,17,21). The van der Waals surface area contributed by atoms with Crippen LogP contribution < -0.4 is 10.6 Å². The lowest BCUT2D eigenvalue weighted by Crippen LogP contribution is -2.30. The van der Waals surface area contributed by atoms with Crippen LogP contribution in [0.4, 0.5) is 5.69 Å². The highest BCUT2D eigenvalue weighted by Gasteiger charge is 2.05. The van der Waals surface area contributed by atoms with Crippen molar-refractivity contribution in [2.45, 2.75) is 13.3 Å². The average molecular weight is 309 g/mol. The number of nitrogens with zero attached hydrogens (tertiary/aromatic N) is 1. The third kappa shape index (κ3) is 7.06. The molecule has 1 rings (SSSR count). The number of rotatable bonds is 7. The van der Waals surface area contributed by atoms with Gasteiger partial charge in [0.15, 0.2) is 5.11 Å². The molecule has 5 nitrogen and oxygen atoms in total. The van der Waals surface area contributed by atoms with E-state index in [-0.39, 0.29) is 5.97 Å². The second kappa shape index (κ2) is 9.31. The maximum absolute atomic E-state index is 11.5. The summed E-state index contributed by atoms with van der Waals surface area (Å²) in [5.41, 5.74) is 1.38. The normalized spacial score (nSPS) is 10.3. The van der Waals surface area contributed by atoms with Crippen molar-refractivity contribution in [1.82, 2.24) is 10.2 Å². The summed E-state index contributed by atoms with van der Waals surface area (Å²) in [5.74, 6) is -0.312. The molecular formula is C15H23N3O2S. The van der Waals surface area contributed by atoms with E-state index in [2.05, 4.69) is 15.5 Å². The van der Waals surface area contributed by atoms with E-state index in [9.17, 15) is 4.79 Å². The van der Waals surface area contributed by atoms with Crippen LogP contribution in [0, 0.1) is 0 Å². The molecule has 0 unspecified atom stereocenters. The molecule has 0 heterocycles. The molecule has 0 spiro atoms. The second-order valence-corrected chi connectivity index (χ2v) is 5.24. The maximum Gasteiger partial charge on any atom is 0.338 e. The first kappa shape index (κ1) is 17.4. The Kier molecular flexibility index (Phi) is 7.71. The van der Waals surface area contributed by atoms with E-state index in [4.69, 9.17) is 17.0 Å². The molecule has 0 atom stereocenters. The fraction of sp³-hybridized carbons (Fsp3) is 0.467. The fourth-order valence-corrected chi connectivity index (χ4v) is 1.90. The van der Waals surface area contributed by atoms with Crippen molar-refractivity contribution in [3.8, 4) is 0 Å². The Balaban J connectivity index is 2.37. The number of nitrogens with one attached hydrogen (secondary N) is 2. The molecule has 116 valence electrons. The molecule has 2 N–H and O–H groups in total. The Labute approximate surface area is 131 Å². The molecule has 1 aromatic carbocycles. The van der Waals surface area contributed by atoms with Gasteiger partial charge in [0, 0.05) is 12.2 Å². The summed E-state index contributed by atoms with van der Waals surface area (Å²) in [6.45, 7) is 4.00. The van der Waals surface area contributed by atoms with Crippen LogP contribution in [0.2, 0.25) is 0 Å². The molecule has 0 fully saturated rings. The predicted molar refractivity (Wildman–Crippen MR) is 89.8 cm³/mol. The smallest absolute Gasteiger partial charge is 0.338 e. The van der Waals surface area contributed by atoms with E-state index >= 15 is 0 Å². The summed E-state index contributed by atoms with van der Waals surface area (Å²) in [7, 11) is 4.09. The van der Waals surface area contributed by atoms with Crippen LogP contribution in [0.5, 0.6) is 0 Å². The molecule has 0 aliphatic rings. The molecule has 1 aromatic rings. The highest BCUT2D eigenvalue weighted by atomic mass is 32.1. The minimum Gasteiger partial charge on any atom is -0.462 e. The van der Waals surface area contributed by atoms with E-state index in [0.717, 1.165) is 25.2 Å². The van der Waals surface area contributed by atoms with Gasteiger partial charge >= 0.3 is 5.97 Å². The Bertz CT molecular complexity index is 460. The van der Waals surface area contributed by atoms with Crippen LogP contribution in [0.3, 0.4) is 0 Å². The molecule has 21 heavy (non-hydrogen) atoms. The first-order valence-electron chi connectivity index (χ1n) is 6.99. The fourth-order valence-electron chi connectivity index (χ4n) is 1.68. The quantitative estimate of drug-likeness (QED) is 0.457. The summed E-state index contributed by atoms with van der Waals surface area (Å²) < 4.78 is 4.93. The number of thiocarbonyl (C=S) groups is 1. The minimum atomic E-state index is -0.312. The molecule has 0 bridgehead atoms. The van der Waals surface area contributed by atoms with Gasteiger partial charge in [-0.3, -0.25) is 0 Å². The van der Waals surface area contributed by atoms with Gasteiger partial charge in [-0.1, -0.05) is 0 Å². The van der Waals surface area contributed by atoms with Crippen molar-refractivity contribution in [2.24, 2.45) is 0 Å². The van der Waals surface area contributed by atoms with Crippen LogP contribution in [0.1, 0.15) is 23.7 Å². The summed E-state index contributed by atoms with van der Waals surface area (Å²) in [6, 6.07) is 7.05. The molecule has 0 saturated heterocycles. The van der Waals surface area contributed by atoms with E-state index in [1.165, 1.54) is 0 Å². The monoisotopic (exact) mass is 309 g/mol. The zero-order valence-electron chi connectivity index (χ0n) is 12.8. The maximum atomic E-state index is 11.5. The largest absolute Gasteiger partial charge is 0.462 e. The number of anilines is 1. The number of hydrogen-bond acceptors (Lipinski definition) is 4. The van der Waals surface area contributed by atoms with Gasteiger partial charge in [0.25, 0.3) is 0 Å². The lowest BCUT2D eigenvalue weighted by Gasteiger charge is -2.12. The number of benzene rings is 1. The molecule has 0 aliphatic carbocycles. The highest BCUT2D eigenvalue weighted by molar-refractivity contribution is 7.80. The molecule has 6 heteroatoms. The van der Waals surface area contributed by atoms with Crippen LogP contribution in [-0.4, -0.2) is 49.8 Å². The van der Waals surface area contributed by atoms with Crippen molar-refractivity contribution >= 4 is 29.0 Å². The van der Waals surface area contributed by atoms with Crippen LogP contribution in [-0.2, 0) is 4.74 Å². The number of esters is 1. The Morgan fingerprint density at radius 2 is 1.95 bits per heavy atom. The topological polar surface area (TPSA) is 53.6 Å². The third-order valence-electron chi connectivity index (χ3n) is 2.72. The molecule has 0 radical (unpaired) electrons. The molecule has 0 saturated carbocycles. The van der Waals surface area contributed by atoms with Crippen molar-refractivity contribution < 1.29 is 9.53 Å². The number of hydrogen-bond donors (Lipinski definition) is 2. The van der Waals surface area contributed by atoms with Gasteiger partial charge in [0.2, 0.25) is 0 Å². The molecular weight excluding hydrogens is 286 g/mol. The van der Waals surface area contributed by atoms with Gasteiger partial charge in [-0.15, -0.1) is 0 Å². The average Bonchev–Trinajstić information content (AvgIpc) is 2.44. The molecule has 0 aliphatic heterocycles. The van der Waals surface area contributed by atoms with Gasteiger partial charge in [0.1, 0.15) is 0 Å². The predicted octanol–water partition coefficient (Wildman–Crippen LogP) is 2.10. The van der Waals surface area contributed by atoms with E-state index in [1.807, 2.05) is 14.1 Å². The van der Waals surface area contributed by atoms with Crippen molar-refractivity contribution in [2.75, 3.05) is 39.1 Å². The second-order valence-electron chi connectivity index (χ2n) is 4.84. The van der Waals surface area contributed by atoms with Crippen molar-refractivity contribution in [3.63, 3.8) is 0 Å². The van der Waals surface area contributed by atoms with E-state index in [0.29, 0.717) is 17.3 Å². The summed E-state index contributed by atoms with van der Waals surface area (Å²) in [5, 5.41) is 6.81. The van der Waals surface area contributed by atoms with Crippen LogP contribution >= 0.6 is 12.2 Å². The van der Waals surface area contributed by atoms with Gasteiger partial charge in [-0.2, -0.15) is 0 Å². The first-order valence-corrected chi connectivity index (χ1v) is 7.40. The summed E-state index contributed by atoms with van der Waals surface area (Å²) >= 11 is 5.21. The van der Waals surface area contributed by atoms with Gasteiger partial charge in [-0.05, 0) is 70.5 Å². The Hall–Kier alpha value is -1.66. The minimum absolute atomic E-state index is 0.312. The van der Waals surface area contributed by atoms with Gasteiger partial charge < -0.3 is 20.3 Å². The zero-order valence-corrected chi connectivity index (χ0v) is 13.6. The number of ether oxygens (including phenoxy) is 1. The van der Waals surface area contributed by atoms with Gasteiger partial charge in [-0.25, -0.2) is 4.79 Å². The molecule has 0 aromatic heterocycles. The lowest BCUT2D eigenvalue weighted by atomic mass is 10.2. The number of carbonyl (C=O) groups excluding carboxylic acids is 1. The summed E-state index contributed by atoms with van der Waals surface area (Å²) in [6.07, 6.45) is 1.02. The van der Waals surface area contributed by atoms with Crippen LogP contribution in [0.15, 0.2) is 24.3 Å². The van der Waals surface area contributed by atoms with Crippen LogP contribution in [0.25, 0.3) is 0 Å². The highest BCUT2D eigenvalue weighted by Crippen LogP contribution is 2.10. The number of carbonyl (C=O) groups is 1. The Morgan fingerprint density at radius 3 is 2.52 bits per heavy atom. The van der Waals surface area contributed by atoms with Crippen molar-refractivity contribution in [1.29, 1.82) is 0 Å². The Morgan fingerprint density at radius 1 is 1.29 bits per heavy atom. The lowest BCUT2D eigenvalue weighted by molar-refractivity contribution is 0.0526.